The molecule has 3 heterocycles. The van der Waals surface area contributed by atoms with Gasteiger partial charge in [-0.3, -0.25) is 23.7 Å². The molecule has 3 aromatic heterocycles. The number of Topliss-reactive ketones (excluding diaryl/α,β-unsaturated/α-hetero) is 1. The van der Waals surface area contributed by atoms with Gasteiger partial charge in [-0.05, 0) is 30.0 Å². The fourth-order valence-corrected chi connectivity index (χ4v) is 4.61. The second-order valence-electron chi connectivity index (χ2n) is 9.22. The molecule has 0 saturated carbocycles. The topological polar surface area (TPSA) is 128 Å². The first-order valence-corrected chi connectivity index (χ1v) is 12.4. The van der Waals surface area contributed by atoms with Crippen molar-refractivity contribution in [3.63, 3.8) is 0 Å². The lowest BCUT2D eigenvalue weighted by Gasteiger charge is -2.16. The van der Waals surface area contributed by atoms with Crippen molar-refractivity contribution in [3.8, 4) is 22.5 Å². The molecule has 0 amide bonds. The van der Waals surface area contributed by atoms with Crippen molar-refractivity contribution in [2.75, 3.05) is 0 Å². The lowest BCUT2D eigenvalue weighted by atomic mass is 9.96. The predicted octanol–water partition coefficient (Wildman–Crippen LogP) is 3.88. The Bertz CT molecular complexity index is 1830. The van der Waals surface area contributed by atoms with Crippen molar-refractivity contribution in [2.24, 2.45) is 0 Å². The number of aryl methyl sites for hydroxylation is 2. The number of nitrogens with zero attached hydrogens (tertiary/aromatic N) is 5. The first-order chi connectivity index (χ1) is 19.1. The molecule has 0 saturated heterocycles. The summed E-state index contributed by atoms with van der Waals surface area (Å²) in [6.07, 6.45) is -3.92. The number of nitrogens with one attached hydrogen (secondary N) is 1. The largest absolute Gasteiger partial charge is 0.451 e. The summed E-state index contributed by atoms with van der Waals surface area (Å²) in [5.41, 5.74) is 2.99. The number of hydrogen-bond acceptors (Lipinski definition) is 7. The highest BCUT2D eigenvalue weighted by Crippen LogP contribution is 2.30. The second kappa shape index (κ2) is 10.4. The Morgan fingerprint density at radius 1 is 1.05 bits per heavy atom. The minimum absolute atomic E-state index is 0.0990. The molecule has 5 rings (SSSR count). The molecule has 5 aromatic rings. The minimum Gasteiger partial charge on any atom is -0.296 e. The number of H-pyrrole nitrogens is 1. The van der Waals surface area contributed by atoms with Gasteiger partial charge in [-0.1, -0.05) is 67.0 Å². The van der Waals surface area contributed by atoms with Gasteiger partial charge in [0.25, 0.3) is 11.3 Å². The van der Waals surface area contributed by atoms with Crippen LogP contribution in [0.2, 0.25) is 0 Å². The average molecular weight is 553 g/mol. The molecule has 1 N–H and O–H groups in total. The van der Waals surface area contributed by atoms with Crippen molar-refractivity contribution < 1.29 is 22.5 Å². The lowest BCUT2D eigenvalue weighted by molar-refractivity contribution is -0.171. The Morgan fingerprint density at radius 2 is 1.75 bits per heavy atom. The summed E-state index contributed by atoms with van der Waals surface area (Å²) >= 11 is 0. The summed E-state index contributed by atoms with van der Waals surface area (Å²) in [5, 5.41) is 8.08. The molecule has 0 fully saturated rings. The van der Waals surface area contributed by atoms with Gasteiger partial charge in [0.05, 0.1) is 12.2 Å². The van der Waals surface area contributed by atoms with E-state index < -0.39 is 29.8 Å². The maximum absolute atomic E-state index is 13.6. The Kier molecular flexibility index (Phi) is 6.96. The molecule has 0 aliphatic rings. The zero-order valence-corrected chi connectivity index (χ0v) is 21.5. The monoisotopic (exact) mass is 552 g/mol. The SMILES string of the molecule is CCCc1c(Cc2ccc(-c3ccccc3-c3noc(=O)[nH]3)cc2)c(=O)n(CC(=O)C(F)(F)F)c2nc(C)nn12. The van der Waals surface area contributed by atoms with Crippen molar-refractivity contribution in [1.29, 1.82) is 0 Å². The fourth-order valence-electron chi connectivity index (χ4n) is 4.61. The average Bonchev–Trinajstić information content (AvgIpc) is 3.53. The van der Waals surface area contributed by atoms with E-state index in [0.717, 1.165) is 21.3 Å². The van der Waals surface area contributed by atoms with Gasteiger partial charge in [0.15, 0.2) is 5.82 Å². The number of hydrogen-bond donors (Lipinski definition) is 1. The van der Waals surface area contributed by atoms with E-state index in [4.69, 9.17) is 0 Å². The van der Waals surface area contributed by atoms with Gasteiger partial charge in [-0.2, -0.15) is 23.3 Å². The van der Waals surface area contributed by atoms with Gasteiger partial charge in [-0.15, -0.1) is 0 Å². The van der Waals surface area contributed by atoms with Crippen LogP contribution in [0, 0.1) is 6.92 Å². The van der Waals surface area contributed by atoms with Gasteiger partial charge in [0.2, 0.25) is 5.78 Å². The molecule has 0 aliphatic heterocycles. The van der Waals surface area contributed by atoms with E-state index in [0.29, 0.717) is 24.1 Å². The highest BCUT2D eigenvalue weighted by Gasteiger charge is 2.39. The molecule has 0 radical (unpaired) electrons. The van der Waals surface area contributed by atoms with Crippen LogP contribution in [0.3, 0.4) is 0 Å². The molecule has 0 bridgehead atoms. The molecule has 40 heavy (non-hydrogen) atoms. The Morgan fingerprint density at radius 3 is 2.38 bits per heavy atom. The third kappa shape index (κ3) is 5.09. The Balaban J connectivity index is 1.56. The summed E-state index contributed by atoms with van der Waals surface area (Å²) in [4.78, 5) is 43.5. The van der Waals surface area contributed by atoms with Crippen LogP contribution in [0.25, 0.3) is 28.3 Å². The third-order valence-electron chi connectivity index (χ3n) is 6.42. The first-order valence-electron chi connectivity index (χ1n) is 12.4. The summed E-state index contributed by atoms with van der Waals surface area (Å²) in [7, 11) is 0. The molecule has 0 aliphatic carbocycles. The van der Waals surface area contributed by atoms with E-state index in [1.807, 2.05) is 31.2 Å². The number of fused-ring (bicyclic) bond motifs is 1. The van der Waals surface area contributed by atoms with Crippen molar-refractivity contribution >= 4 is 11.6 Å². The zero-order chi connectivity index (χ0) is 28.6. The lowest BCUT2D eigenvalue weighted by Crippen LogP contribution is -2.36. The van der Waals surface area contributed by atoms with Crippen LogP contribution in [0.4, 0.5) is 13.2 Å². The summed E-state index contributed by atoms with van der Waals surface area (Å²) in [5.74, 6) is -2.30. The Hall–Kier alpha value is -4.81. The van der Waals surface area contributed by atoms with Crippen LogP contribution in [0.1, 0.15) is 36.0 Å². The highest BCUT2D eigenvalue weighted by atomic mass is 19.4. The normalized spacial score (nSPS) is 11.8. The van der Waals surface area contributed by atoms with Gasteiger partial charge < -0.3 is 0 Å². The predicted molar refractivity (Wildman–Crippen MR) is 138 cm³/mol. The van der Waals surface area contributed by atoms with E-state index in [1.165, 1.54) is 4.52 Å². The maximum Gasteiger partial charge on any atom is 0.451 e. The van der Waals surface area contributed by atoms with Crippen LogP contribution < -0.4 is 11.3 Å². The molecular weight excluding hydrogens is 529 g/mol. The second-order valence-corrected chi connectivity index (χ2v) is 9.22. The number of ketones is 1. The fraction of sp³-hybridized carbons (Fsp3) is 0.259. The smallest absolute Gasteiger partial charge is 0.296 e. The molecule has 13 heteroatoms. The number of carbonyl (C=O) groups excluding carboxylic acids is 1. The molecule has 0 unspecified atom stereocenters. The highest BCUT2D eigenvalue weighted by molar-refractivity contribution is 5.84. The van der Waals surface area contributed by atoms with Crippen LogP contribution in [-0.4, -0.2) is 41.3 Å². The van der Waals surface area contributed by atoms with Crippen LogP contribution in [0.5, 0.6) is 0 Å². The molecule has 0 spiro atoms. The molecular formula is C27H23F3N6O4. The first kappa shape index (κ1) is 26.8. The number of benzene rings is 2. The third-order valence-corrected chi connectivity index (χ3v) is 6.42. The van der Waals surface area contributed by atoms with Gasteiger partial charge in [0, 0.05) is 17.5 Å². The van der Waals surface area contributed by atoms with Gasteiger partial charge >= 0.3 is 11.9 Å². The number of alkyl halides is 3. The number of aromatic amines is 1. The van der Waals surface area contributed by atoms with Gasteiger partial charge in [-0.25, -0.2) is 9.31 Å². The van der Waals surface area contributed by atoms with E-state index in [-0.39, 0.29) is 29.4 Å². The summed E-state index contributed by atoms with van der Waals surface area (Å²) in [6, 6.07) is 14.5. The van der Waals surface area contributed by atoms with Crippen molar-refractivity contribution in [1.82, 2.24) is 29.3 Å². The van der Waals surface area contributed by atoms with E-state index in [2.05, 4.69) is 24.7 Å². The summed E-state index contributed by atoms with van der Waals surface area (Å²) in [6.45, 7) is 2.28. The number of carbonyl (C=O) groups is 1. The summed E-state index contributed by atoms with van der Waals surface area (Å²) < 4.78 is 46.0. The van der Waals surface area contributed by atoms with E-state index in [9.17, 15) is 27.6 Å². The van der Waals surface area contributed by atoms with Gasteiger partial charge in [0.1, 0.15) is 5.82 Å². The van der Waals surface area contributed by atoms with Crippen molar-refractivity contribution in [2.45, 2.75) is 45.8 Å². The molecule has 10 nitrogen and oxygen atoms in total. The van der Waals surface area contributed by atoms with Crippen molar-refractivity contribution in [3.05, 3.63) is 92.1 Å². The minimum atomic E-state index is -5.10. The van der Waals surface area contributed by atoms with Crippen LogP contribution in [0.15, 0.2) is 62.6 Å². The standard InChI is InChI=1S/C27H23F3N6O4/c1-3-6-21-20(24(38)35(14-22(37)27(28,29)30)25-31-15(2)33-36(21)25)13-16-9-11-17(12-10-16)18-7-4-5-8-19(18)23-32-26(39)40-34-23/h4-5,7-12H,3,6,13-14H2,1-2H3,(H,32,34,39). The number of rotatable bonds is 8. The van der Waals surface area contributed by atoms with Crippen LogP contribution in [-0.2, 0) is 24.2 Å². The number of halogens is 3. The number of aromatic nitrogens is 6. The quantitative estimate of drug-likeness (QED) is 0.309. The molecule has 2 aromatic carbocycles. The molecule has 206 valence electrons. The molecule has 0 atom stereocenters. The van der Waals surface area contributed by atoms with E-state index in [1.54, 1.807) is 31.2 Å². The van der Waals surface area contributed by atoms with Crippen LogP contribution >= 0.6 is 0 Å². The zero-order valence-electron chi connectivity index (χ0n) is 21.5. The Labute approximate surface area is 224 Å². The maximum atomic E-state index is 13.6. The van der Waals surface area contributed by atoms with E-state index >= 15 is 0 Å².